The molecular formula is C16H20N2S. The molecule has 1 aromatic carbocycles. The van der Waals surface area contributed by atoms with Gasteiger partial charge in [0.2, 0.25) is 0 Å². The molecule has 0 radical (unpaired) electrons. The molecule has 2 nitrogen and oxygen atoms in total. The summed E-state index contributed by atoms with van der Waals surface area (Å²) in [6.45, 7) is 3.21. The summed E-state index contributed by atoms with van der Waals surface area (Å²) in [5.41, 5.74) is 9.31. The first-order valence-electron chi connectivity index (χ1n) is 6.91. The zero-order valence-corrected chi connectivity index (χ0v) is 11.9. The fourth-order valence-electron chi connectivity index (χ4n) is 2.77. The van der Waals surface area contributed by atoms with Crippen molar-refractivity contribution >= 4 is 11.3 Å². The Balaban J connectivity index is 1.63. The first kappa shape index (κ1) is 12.9. The van der Waals surface area contributed by atoms with Gasteiger partial charge >= 0.3 is 0 Å². The third-order valence-electron chi connectivity index (χ3n) is 3.88. The topological polar surface area (TPSA) is 29.3 Å². The number of rotatable bonds is 3. The number of hydrogen-bond acceptors (Lipinski definition) is 3. The molecule has 1 aliphatic rings. The highest BCUT2D eigenvalue weighted by atomic mass is 32.1. The monoisotopic (exact) mass is 272 g/mol. The second kappa shape index (κ2) is 5.87. The summed E-state index contributed by atoms with van der Waals surface area (Å²) < 4.78 is 0. The fraction of sp³-hybridized carbons (Fsp3) is 0.375. The molecule has 0 bridgehead atoms. The minimum absolute atomic E-state index is 0.154. The molecule has 0 saturated carbocycles. The molecule has 3 heteroatoms. The summed E-state index contributed by atoms with van der Waals surface area (Å²) in [4.78, 5) is 3.80. The lowest BCUT2D eigenvalue weighted by Gasteiger charge is -2.23. The van der Waals surface area contributed by atoms with E-state index < -0.39 is 0 Å². The molecule has 1 aromatic heterocycles. The van der Waals surface area contributed by atoms with Crippen molar-refractivity contribution in [1.82, 2.24) is 4.90 Å². The highest BCUT2D eigenvalue weighted by molar-refractivity contribution is 7.10. The van der Waals surface area contributed by atoms with Crippen molar-refractivity contribution in [3.05, 3.63) is 57.8 Å². The van der Waals surface area contributed by atoms with E-state index in [1.165, 1.54) is 16.0 Å². The summed E-state index contributed by atoms with van der Waals surface area (Å²) in [5, 5.41) is 2.10. The number of hydrogen-bond donors (Lipinski definition) is 1. The van der Waals surface area contributed by atoms with Gasteiger partial charge in [0.1, 0.15) is 0 Å². The van der Waals surface area contributed by atoms with Crippen LogP contribution in [0.3, 0.4) is 0 Å². The molecule has 100 valence electrons. The molecule has 0 spiro atoms. The average Bonchev–Trinajstić information content (AvgIpc) is 2.90. The fourth-order valence-corrected chi connectivity index (χ4v) is 3.49. The maximum absolute atomic E-state index is 6.30. The molecule has 0 saturated heterocycles. The molecule has 2 heterocycles. The van der Waals surface area contributed by atoms with Gasteiger partial charge in [0.15, 0.2) is 0 Å². The van der Waals surface area contributed by atoms with Gasteiger partial charge in [0.05, 0.1) is 6.04 Å². The highest BCUT2D eigenvalue weighted by Crippen LogP contribution is 2.20. The van der Waals surface area contributed by atoms with Gasteiger partial charge in [-0.05, 0) is 35.4 Å². The zero-order chi connectivity index (χ0) is 13.1. The van der Waals surface area contributed by atoms with Crippen molar-refractivity contribution in [2.24, 2.45) is 5.73 Å². The van der Waals surface area contributed by atoms with Gasteiger partial charge in [-0.2, -0.15) is 0 Å². The second-order valence-corrected chi connectivity index (χ2v) is 6.17. The predicted octanol–water partition coefficient (Wildman–Crippen LogP) is 2.85. The first-order valence-corrected chi connectivity index (χ1v) is 7.79. The standard InChI is InChI=1S/C16H20N2S/c17-15(16-6-3-11-19-16)12-18-9-7-13-4-1-2-5-14(13)8-10-18/h1-6,11,15H,7-10,12,17H2. The van der Waals surface area contributed by atoms with Crippen molar-refractivity contribution < 1.29 is 0 Å². The number of nitrogens with two attached hydrogens (primary N) is 1. The number of benzene rings is 1. The lowest BCUT2D eigenvalue weighted by molar-refractivity contribution is 0.271. The van der Waals surface area contributed by atoms with E-state index in [0.717, 1.165) is 32.5 Å². The van der Waals surface area contributed by atoms with Gasteiger partial charge in [0.25, 0.3) is 0 Å². The Bertz CT molecular complexity index is 494. The Hall–Kier alpha value is -1.16. The van der Waals surface area contributed by atoms with Gasteiger partial charge in [-0.3, -0.25) is 0 Å². The lowest BCUT2D eigenvalue weighted by Crippen LogP contribution is -2.33. The van der Waals surface area contributed by atoms with E-state index in [2.05, 4.69) is 46.7 Å². The van der Waals surface area contributed by atoms with E-state index in [1.54, 1.807) is 11.3 Å². The van der Waals surface area contributed by atoms with Crippen molar-refractivity contribution in [2.75, 3.05) is 19.6 Å². The first-order chi connectivity index (χ1) is 9.33. The number of fused-ring (bicyclic) bond motifs is 1. The normalized spacial score (nSPS) is 17.7. The van der Waals surface area contributed by atoms with Crippen molar-refractivity contribution in [3.63, 3.8) is 0 Å². The van der Waals surface area contributed by atoms with Crippen LogP contribution in [0.15, 0.2) is 41.8 Å². The average molecular weight is 272 g/mol. The second-order valence-electron chi connectivity index (χ2n) is 5.19. The van der Waals surface area contributed by atoms with Crippen LogP contribution in [0, 0.1) is 0 Å². The Morgan fingerprint density at radius 3 is 2.32 bits per heavy atom. The summed E-state index contributed by atoms with van der Waals surface area (Å²) in [6.07, 6.45) is 2.29. The molecule has 0 amide bonds. The molecule has 1 unspecified atom stereocenters. The molecular weight excluding hydrogens is 252 g/mol. The smallest absolute Gasteiger partial charge is 0.0519 e. The summed E-state index contributed by atoms with van der Waals surface area (Å²) in [5.74, 6) is 0. The van der Waals surface area contributed by atoms with E-state index in [9.17, 15) is 0 Å². The molecule has 3 rings (SSSR count). The number of thiophene rings is 1. The Morgan fingerprint density at radius 1 is 1.05 bits per heavy atom. The minimum atomic E-state index is 0.154. The maximum Gasteiger partial charge on any atom is 0.0519 e. The van der Waals surface area contributed by atoms with Crippen molar-refractivity contribution in [1.29, 1.82) is 0 Å². The molecule has 0 aliphatic carbocycles. The third kappa shape index (κ3) is 3.06. The third-order valence-corrected chi connectivity index (χ3v) is 4.88. The molecule has 0 fully saturated rings. The lowest BCUT2D eigenvalue weighted by atomic mass is 10.0. The Morgan fingerprint density at radius 2 is 1.74 bits per heavy atom. The quantitative estimate of drug-likeness (QED) is 0.931. The van der Waals surface area contributed by atoms with Crippen LogP contribution in [0.4, 0.5) is 0 Å². The van der Waals surface area contributed by atoms with Gasteiger partial charge in [-0.25, -0.2) is 0 Å². The van der Waals surface area contributed by atoms with Gasteiger partial charge in [-0.1, -0.05) is 30.3 Å². The van der Waals surface area contributed by atoms with Crippen LogP contribution in [0.5, 0.6) is 0 Å². The maximum atomic E-state index is 6.30. The Labute approximate surface area is 118 Å². The molecule has 1 aliphatic heterocycles. The van der Waals surface area contributed by atoms with Crippen LogP contribution < -0.4 is 5.73 Å². The van der Waals surface area contributed by atoms with Gasteiger partial charge in [0, 0.05) is 24.5 Å². The van der Waals surface area contributed by atoms with Gasteiger partial charge in [-0.15, -0.1) is 11.3 Å². The van der Waals surface area contributed by atoms with Crippen molar-refractivity contribution in [2.45, 2.75) is 18.9 Å². The van der Waals surface area contributed by atoms with Crippen LogP contribution >= 0.6 is 11.3 Å². The van der Waals surface area contributed by atoms with E-state index in [0.29, 0.717) is 0 Å². The van der Waals surface area contributed by atoms with E-state index >= 15 is 0 Å². The molecule has 1 atom stereocenters. The largest absolute Gasteiger partial charge is 0.322 e. The summed E-state index contributed by atoms with van der Waals surface area (Å²) in [7, 11) is 0. The van der Waals surface area contributed by atoms with Crippen LogP contribution in [0.2, 0.25) is 0 Å². The molecule has 19 heavy (non-hydrogen) atoms. The summed E-state index contributed by atoms with van der Waals surface area (Å²) >= 11 is 1.76. The zero-order valence-electron chi connectivity index (χ0n) is 11.1. The minimum Gasteiger partial charge on any atom is -0.322 e. The predicted molar refractivity (Wildman–Crippen MR) is 81.5 cm³/mol. The van der Waals surface area contributed by atoms with Crippen LogP contribution in [-0.4, -0.2) is 24.5 Å². The van der Waals surface area contributed by atoms with E-state index in [1.807, 2.05) is 0 Å². The van der Waals surface area contributed by atoms with E-state index in [4.69, 9.17) is 5.73 Å². The molecule has 2 N–H and O–H groups in total. The SMILES string of the molecule is NC(CN1CCc2ccccc2CC1)c1cccs1. The Kier molecular flexibility index (Phi) is 3.97. The van der Waals surface area contributed by atoms with Crippen LogP contribution in [0.1, 0.15) is 22.0 Å². The highest BCUT2D eigenvalue weighted by Gasteiger charge is 2.17. The van der Waals surface area contributed by atoms with Crippen LogP contribution in [-0.2, 0) is 12.8 Å². The van der Waals surface area contributed by atoms with Crippen LogP contribution in [0.25, 0.3) is 0 Å². The van der Waals surface area contributed by atoms with E-state index in [-0.39, 0.29) is 6.04 Å². The van der Waals surface area contributed by atoms with Crippen molar-refractivity contribution in [3.8, 4) is 0 Å². The van der Waals surface area contributed by atoms with Gasteiger partial charge < -0.3 is 10.6 Å². The number of nitrogens with zero attached hydrogens (tertiary/aromatic N) is 1. The summed E-state index contributed by atoms with van der Waals surface area (Å²) in [6, 6.07) is 13.2. The molecule has 2 aromatic rings.